The molecule has 0 bridgehead atoms. The van der Waals surface area contributed by atoms with E-state index in [4.69, 9.17) is 17.4 Å². The third-order valence-electron chi connectivity index (χ3n) is 3.57. The van der Waals surface area contributed by atoms with Crippen molar-refractivity contribution < 1.29 is 4.79 Å². The number of nitrogen functional groups attached to an aromatic ring is 1. The zero-order valence-corrected chi connectivity index (χ0v) is 11.0. The molecule has 1 heterocycles. The highest BCUT2D eigenvalue weighted by Crippen LogP contribution is 2.47. The van der Waals surface area contributed by atoms with Crippen molar-refractivity contribution in [2.24, 2.45) is 11.3 Å². The molecule has 0 radical (unpaired) electrons. The molecule has 1 aromatic rings. The van der Waals surface area contributed by atoms with Crippen LogP contribution < -0.4 is 16.6 Å². The molecule has 1 fully saturated rings. The molecule has 0 saturated heterocycles. The fourth-order valence-electron chi connectivity index (χ4n) is 1.87. The van der Waals surface area contributed by atoms with Gasteiger partial charge in [-0.15, -0.1) is 0 Å². The minimum Gasteiger partial charge on any atom is -0.351 e. The van der Waals surface area contributed by atoms with Crippen LogP contribution in [0.2, 0.25) is 5.02 Å². The fraction of sp³-hybridized carbons (Fsp3) is 0.500. The van der Waals surface area contributed by atoms with E-state index >= 15 is 0 Å². The average molecular weight is 269 g/mol. The minimum atomic E-state index is -0.146. The molecule has 2 rings (SSSR count). The van der Waals surface area contributed by atoms with Gasteiger partial charge in [-0.1, -0.05) is 18.5 Å². The second kappa shape index (κ2) is 5.12. The number of nitrogens with zero attached hydrogens (tertiary/aromatic N) is 1. The summed E-state index contributed by atoms with van der Waals surface area (Å²) in [5.41, 5.74) is 3.14. The van der Waals surface area contributed by atoms with Gasteiger partial charge in [-0.3, -0.25) is 4.79 Å². The van der Waals surface area contributed by atoms with E-state index in [1.807, 2.05) is 0 Å². The van der Waals surface area contributed by atoms with Crippen LogP contribution in [0.15, 0.2) is 12.3 Å². The number of halogens is 1. The number of hydrogen-bond donors (Lipinski definition) is 3. The summed E-state index contributed by atoms with van der Waals surface area (Å²) < 4.78 is 0. The van der Waals surface area contributed by atoms with Gasteiger partial charge in [-0.25, -0.2) is 10.8 Å². The maximum absolute atomic E-state index is 11.9. The normalized spacial score (nSPS) is 16.2. The monoisotopic (exact) mass is 268 g/mol. The van der Waals surface area contributed by atoms with Crippen molar-refractivity contribution in [3.63, 3.8) is 0 Å². The first kappa shape index (κ1) is 13.1. The summed E-state index contributed by atoms with van der Waals surface area (Å²) >= 11 is 5.92. The third-order valence-corrected chi connectivity index (χ3v) is 3.86. The van der Waals surface area contributed by atoms with Gasteiger partial charge in [0, 0.05) is 12.7 Å². The highest BCUT2D eigenvalue weighted by molar-refractivity contribution is 6.33. The Labute approximate surface area is 111 Å². The Morgan fingerprint density at radius 1 is 1.61 bits per heavy atom. The van der Waals surface area contributed by atoms with Crippen molar-refractivity contribution in [3.8, 4) is 0 Å². The molecule has 5 nitrogen and oxygen atoms in total. The molecule has 1 aliphatic rings. The van der Waals surface area contributed by atoms with E-state index in [1.165, 1.54) is 19.0 Å². The fourth-order valence-corrected chi connectivity index (χ4v) is 2.09. The van der Waals surface area contributed by atoms with Crippen LogP contribution in [0.1, 0.15) is 36.5 Å². The first-order valence-corrected chi connectivity index (χ1v) is 6.38. The van der Waals surface area contributed by atoms with Crippen molar-refractivity contribution in [1.29, 1.82) is 0 Å². The van der Waals surface area contributed by atoms with Crippen LogP contribution in [0.25, 0.3) is 0 Å². The molecule has 0 atom stereocenters. The Balaban J connectivity index is 1.98. The molecule has 1 aromatic heterocycles. The Morgan fingerprint density at radius 3 is 2.83 bits per heavy atom. The lowest BCUT2D eigenvalue weighted by molar-refractivity contribution is 0.0944. The molecule has 0 unspecified atom stereocenters. The zero-order chi connectivity index (χ0) is 13.2. The molecule has 0 spiro atoms. The average Bonchev–Trinajstić information content (AvgIpc) is 3.16. The van der Waals surface area contributed by atoms with Gasteiger partial charge in [0.15, 0.2) is 5.82 Å². The highest BCUT2D eigenvalue weighted by atomic mass is 35.5. The molecular weight excluding hydrogens is 252 g/mol. The summed E-state index contributed by atoms with van der Waals surface area (Å²) in [7, 11) is 0. The minimum absolute atomic E-state index is 0.146. The van der Waals surface area contributed by atoms with Gasteiger partial charge in [0.1, 0.15) is 0 Å². The Hall–Kier alpha value is -1.33. The van der Waals surface area contributed by atoms with E-state index in [1.54, 1.807) is 6.07 Å². The number of aromatic nitrogens is 1. The quantitative estimate of drug-likeness (QED) is 0.563. The van der Waals surface area contributed by atoms with Crippen molar-refractivity contribution in [1.82, 2.24) is 10.3 Å². The number of nitrogens with one attached hydrogen (secondary N) is 2. The number of amides is 1. The smallest absolute Gasteiger partial charge is 0.252 e. The molecule has 1 saturated carbocycles. The molecule has 6 heteroatoms. The number of carbonyl (C=O) groups is 1. The number of anilines is 1. The number of nitrogens with two attached hydrogens (primary N) is 1. The zero-order valence-electron chi connectivity index (χ0n) is 10.3. The van der Waals surface area contributed by atoms with Gasteiger partial charge in [-0.05, 0) is 30.7 Å². The van der Waals surface area contributed by atoms with E-state index in [2.05, 4.69) is 22.7 Å². The van der Waals surface area contributed by atoms with E-state index in [-0.39, 0.29) is 5.91 Å². The van der Waals surface area contributed by atoms with Gasteiger partial charge < -0.3 is 10.7 Å². The van der Waals surface area contributed by atoms with Crippen LogP contribution in [-0.4, -0.2) is 17.4 Å². The van der Waals surface area contributed by atoms with Gasteiger partial charge >= 0.3 is 0 Å². The largest absolute Gasteiger partial charge is 0.351 e. The topological polar surface area (TPSA) is 80.0 Å². The van der Waals surface area contributed by atoms with Crippen molar-refractivity contribution in [3.05, 3.63) is 22.8 Å². The third kappa shape index (κ3) is 2.73. The van der Waals surface area contributed by atoms with Gasteiger partial charge in [0.25, 0.3) is 5.91 Å². The van der Waals surface area contributed by atoms with Crippen LogP contribution in [0.3, 0.4) is 0 Å². The Bertz CT molecular complexity index is 459. The Kier molecular flexibility index (Phi) is 3.73. The molecule has 1 amide bonds. The maximum Gasteiger partial charge on any atom is 0.252 e. The molecule has 4 N–H and O–H groups in total. The van der Waals surface area contributed by atoms with E-state index in [0.717, 1.165) is 13.0 Å². The lowest BCUT2D eigenvalue weighted by atomic mass is 10.0. The summed E-state index contributed by atoms with van der Waals surface area (Å²) in [6.07, 6.45) is 4.95. The van der Waals surface area contributed by atoms with E-state index in [9.17, 15) is 4.79 Å². The van der Waals surface area contributed by atoms with Crippen LogP contribution in [-0.2, 0) is 0 Å². The standard InChI is InChI=1S/C12H17ClN4O/c1-2-12(3-4-12)7-16-11(18)8-5-9(13)10(17-14)15-6-8/h5-6H,2-4,7,14H2,1H3,(H,15,17)(H,16,18). The molecule has 0 aliphatic heterocycles. The molecule has 98 valence electrons. The number of hydrazine groups is 1. The number of hydrogen-bond acceptors (Lipinski definition) is 4. The first-order valence-electron chi connectivity index (χ1n) is 6.00. The summed E-state index contributed by atoms with van der Waals surface area (Å²) in [6.45, 7) is 2.87. The lowest BCUT2D eigenvalue weighted by Gasteiger charge is -2.13. The maximum atomic E-state index is 11.9. The lowest BCUT2D eigenvalue weighted by Crippen LogP contribution is -2.30. The summed E-state index contributed by atoms with van der Waals surface area (Å²) in [5.74, 6) is 5.44. The van der Waals surface area contributed by atoms with Gasteiger partial charge in [-0.2, -0.15) is 0 Å². The second-order valence-electron chi connectivity index (χ2n) is 4.73. The van der Waals surface area contributed by atoms with E-state index < -0.39 is 0 Å². The molecule has 0 aromatic carbocycles. The van der Waals surface area contributed by atoms with Crippen LogP contribution in [0, 0.1) is 5.41 Å². The number of pyridine rings is 1. The van der Waals surface area contributed by atoms with Crippen molar-refractivity contribution in [2.75, 3.05) is 12.0 Å². The summed E-state index contributed by atoms with van der Waals surface area (Å²) in [4.78, 5) is 15.9. The molecular formula is C12H17ClN4O. The highest BCUT2D eigenvalue weighted by Gasteiger charge is 2.40. The predicted octanol–water partition coefficient (Wildman–Crippen LogP) is 1.94. The van der Waals surface area contributed by atoms with Gasteiger partial charge in [0.2, 0.25) is 0 Å². The number of carbonyl (C=O) groups excluding carboxylic acids is 1. The molecule has 18 heavy (non-hydrogen) atoms. The molecule has 1 aliphatic carbocycles. The first-order chi connectivity index (χ1) is 8.60. The van der Waals surface area contributed by atoms with E-state index in [0.29, 0.717) is 21.8 Å². The summed E-state index contributed by atoms with van der Waals surface area (Å²) in [5, 5.41) is 3.26. The summed E-state index contributed by atoms with van der Waals surface area (Å²) in [6, 6.07) is 1.56. The van der Waals surface area contributed by atoms with Crippen molar-refractivity contribution in [2.45, 2.75) is 26.2 Å². The van der Waals surface area contributed by atoms with Gasteiger partial charge in [0.05, 0.1) is 10.6 Å². The van der Waals surface area contributed by atoms with Crippen LogP contribution in [0.4, 0.5) is 5.82 Å². The second-order valence-corrected chi connectivity index (χ2v) is 5.14. The van der Waals surface area contributed by atoms with Crippen LogP contribution >= 0.6 is 11.6 Å². The van der Waals surface area contributed by atoms with Crippen molar-refractivity contribution >= 4 is 23.3 Å². The predicted molar refractivity (Wildman–Crippen MR) is 71.3 cm³/mol. The SMILES string of the molecule is CCC1(CNC(=O)c2cnc(NN)c(Cl)c2)CC1. The van der Waals surface area contributed by atoms with Crippen LogP contribution in [0.5, 0.6) is 0 Å². The number of rotatable bonds is 5. The Morgan fingerprint density at radius 2 is 2.33 bits per heavy atom.